The third-order valence-electron chi connectivity index (χ3n) is 7.24. The third kappa shape index (κ3) is 10.9. The molecule has 4 amide bonds. The lowest BCUT2D eigenvalue weighted by Gasteiger charge is -2.25. The van der Waals surface area contributed by atoms with Crippen molar-refractivity contribution in [1.29, 1.82) is 0 Å². The van der Waals surface area contributed by atoms with Crippen molar-refractivity contribution in [3.63, 3.8) is 0 Å². The molecular formula is C31H41N9O6. The van der Waals surface area contributed by atoms with E-state index in [0.29, 0.717) is 5.56 Å². The van der Waals surface area contributed by atoms with Crippen molar-refractivity contribution >= 4 is 46.5 Å². The molecule has 0 bridgehead atoms. The maximum absolute atomic E-state index is 13.5. The number of hydrogen-bond acceptors (Lipinski definition) is 7. The van der Waals surface area contributed by atoms with Crippen LogP contribution < -0.4 is 38.9 Å². The van der Waals surface area contributed by atoms with Crippen LogP contribution in [0, 0.1) is 0 Å². The topological polar surface area (TPSA) is 274 Å². The number of hydrogen-bond donors (Lipinski definition) is 9. The van der Waals surface area contributed by atoms with Gasteiger partial charge in [0.15, 0.2) is 5.96 Å². The van der Waals surface area contributed by atoms with Crippen molar-refractivity contribution in [1.82, 2.24) is 20.9 Å². The largest absolute Gasteiger partial charge is 0.480 e. The predicted molar refractivity (Wildman–Crippen MR) is 172 cm³/mol. The minimum Gasteiger partial charge on any atom is -0.480 e. The number of primary amides is 1. The Bertz CT molecular complexity index is 1540. The van der Waals surface area contributed by atoms with E-state index >= 15 is 0 Å². The number of carboxylic acid groups (broad SMARTS) is 1. The van der Waals surface area contributed by atoms with Crippen LogP contribution in [0.4, 0.5) is 0 Å². The van der Waals surface area contributed by atoms with Crippen molar-refractivity contribution in [3.8, 4) is 0 Å². The number of nitrogens with two attached hydrogens (primary N) is 4. The number of H-pyrrole nitrogens is 1. The Morgan fingerprint density at radius 2 is 1.39 bits per heavy atom. The monoisotopic (exact) mass is 635 g/mol. The molecule has 15 heteroatoms. The molecule has 0 radical (unpaired) electrons. The van der Waals surface area contributed by atoms with E-state index in [2.05, 4.69) is 25.9 Å². The second-order valence-electron chi connectivity index (χ2n) is 10.8. The van der Waals surface area contributed by atoms with E-state index in [1.807, 2.05) is 54.6 Å². The van der Waals surface area contributed by atoms with Gasteiger partial charge in [-0.25, -0.2) is 4.79 Å². The van der Waals surface area contributed by atoms with Crippen LogP contribution in [-0.2, 0) is 36.8 Å². The number of aliphatic carboxylic acids is 1. The molecule has 0 aliphatic heterocycles. The summed E-state index contributed by atoms with van der Waals surface area (Å²) in [4.78, 5) is 70.6. The summed E-state index contributed by atoms with van der Waals surface area (Å²) < 4.78 is 0. The predicted octanol–water partition coefficient (Wildman–Crippen LogP) is -0.861. The molecule has 1 aromatic heterocycles. The van der Waals surface area contributed by atoms with Crippen LogP contribution >= 0.6 is 0 Å². The molecule has 0 saturated heterocycles. The number of benzene rings is 2. The summed E-state index contributed by atoms with van der Waals surface area (Å²) in [5.41, 5.74) is 24.5. The summed E-state index contributed by atoms with van der Waals surface area (Å²) in [6, 6.07) is 11.5. The Balaban J connectivity index is 1.75. The van der Waals surface area contributed by atoms with Crippen molar-refractivity contribution in [2.45, 2.75) is 62.7 Å². The number of fused-ring (bicyclic) bond motifs is 1. The zero-order valence-electron chi connectivity index (χ0n) is 25.3. The quantitative estimate of drug-likeness (QED) is 0.0477. The molecule has 2 aromatic carbocycles. The first-order chi connectivity index (χ1) is 21.9. The molecule has 4 atom stereocenters. The number of amides is 4. The molecule has 0 saturated carbocycles. The first-order valence-corrected chi connectivity index (χ1v) is 14.8. The van der Waals surface area contributed by atoms with Crippen molar-refractivity contribution in [3.05, 3.63) is 71.9 Å². The average molecular weight is 636 g/mol. The van der Waals surface area contributed by atoms with Gasteiger partial charge in [0.25, 0.3) is 0 Å². The SMILES string of the molecule is NC(=O)CCC(NC(=O)C(CCCN=C(N)N)NC(=O)C(N)Cc1ccccc1)C(=O)NC(Cc1c[nH]c2ccccc12)C(=O)O. The minimum absolute atomic E-state index is 0.0512. The van der Waals surface area contributed by atoms with Gasteiger partial charge in [-0.2, -0.15) is 0 Å². The third-order valence-corrected chi connectivity index (χ3v) is 7.24. The fourth-order valence-corrected chi connectivity index (χ4v) is 4.83. The van der Waals surface area contributed by atoms with Crippen molar-refractivity contribution < 1.29 is 29.1 Å². The van der Waals surface area contributed by atoms with E-state index in [9.17, 15) is 29.1 Å². The number of carbonyl (C=O) groups is 5. The highest BCUT2D eigenvalue weighted by molar-refractivity contribution is 5.94. The molecular weight excluding hydrogens is 594 g/mol. The zero-order valence-corrected chi connectivity index (χ0v) is 25.3. The maximum atomic E-state index is 13.5. The highest BCUT2D eigenvalue weighted by atomic mass is 16.4. The first kappa shape index (κ1) is 35.0. The van der Waals surface area contributed by atoms with E-state index in [-0.39, 0.29) is 51.0 Å². The standard InChI is InChI=1S/C31H41N9O6/c32-21(15-18-7-2-1-3-8-18)27(42)38-23(11-6-14-36-31(34)35)28(43)39-24(12-13-26(33)41)29(44)40-25(30(45)46)16-19-17-37-22-10-5-4-9-20(19)22/h1-5,7-10,17,21,23-25,37H,6,11-16,32H2,(H2,33,41)(H,38,42)(H,39,43)(H,40,44)(H,45,46)(H4,34,35,36). The minimum atomic E-state index is -1.36. The van der Waals surface area contributed by atoms with Gasteiger partial charge in [0.05, 0.1) is 6.04 Å². The first-order valence-electron chi connectivity index (χ1n) is 14.8. The lowest BCUT2D eigenvalue weighted by Crippen LogP contribution is -2.57. The molecule has 13 N–H and O–H groups in total. The molecule has 0 aliphatic carbocycles. The maximum Gasteiger partial charge on any atom is 0.326 e. The van der Waals surface area contributed by atoms with Crippen LogP contribution in [0.5, 0.6) is 0 Å². The highest BCUT2D eigenvalue weighted by Crippen LogP contribution is 2.19. The van der Waals surface area contributed by atoms with Crippen LogP contribution in [0.1, 0.15) is 36.8 Å². The van der Waals surface area contributed by atoms with Gasteiger partial charge in [-0.3, -0.25) is 24.2 Å². The van der Waals surface area contributed by atoms with Crippen LogP contribution in [-0.4, -0.2) is 76.4 Å². The Labute approximate surface area is 265 Å². The van der Waals surface area contributed by atoms with E-state index in [4.69, 9.17) is 22.9 Å². The Morgan fingerprint density at radius 3 is 2.04 bits per heavy atom. The number of guanidine groups is 1. The number of carboxylic acids is 1. The second kappa shape index (κ2) is 17.2. The summed E-state index contributed by atoms with van der Waals surface area (Å²) in [6.45, 7) is 0.164. The second-order valence-corrected chi connectivity index (χ2v) is 10.8. The van der Waals surface area contributed by atoms with Crippen LogP contribution in [0.3, 0.4) is 0 Å². The van der Waals surface area contributed by atoms with Gasteiger partial charge in [-0.05, 0) is 42.9 Å². The summed E-state index contributed by atoms with van der Waals surface area (Å²) >= 11 is 0. The molecule has 0 spiro atoms. The average Bonchev–Trinajstić information content (AvgIpc) is 3.42. The molecule has 3 aromatic rings. The summed E-state index contributed by atoms with van der Waals surface area (Å²) in [5.74, 6) is -4.36. The number of carbonyl (C=O) groups excluding carboxylic acids is 4. The molecule has 246 valence electrons. The molecule has 3 rings (SSSR count). The summed E-state index contributed by atoms with van der Waals surface area (Å²) in [7, 11) is 0. The van der Waals surface area contributed by atoms with Crippen LogP contribution in [0.2, 0.25) is 0 Å². The van der Waals surface area contributed by atoms with Crippen LogP contribution in [0.25, 0.3) is 10.9 Å². The Morgan fingerprint density at radius 1 is 0.783 bits per heavy atom. The van der Waals surface area contributed by atoms with E-state index in [1.165, 1.54) is 0 Å². The smallest absolute Gasteiger partial charge is 0.326 e. The number of para-hydroxylation sites is 1. The molecule has 0 aliphatic rings. The van der Waals surface area contributed by atoms with E-state index in [0.717, 1.165) is 16.5 Å². The van der Waals surface area contributed by atoms with Gasteiger partial charge in [-0.15, -0.1) is 0 Å². The summed E-state index contributed by atoms with van der Waals surface area (Å²) in [6.07, 6.45) is 1.70. The molecule has 0 fully saturated rings. The lowest BCUT2D eigenvalue weighted by atomic mass is 10.0. The van der Waals surface area contributed by atoms with Gasteiger partial charge < -0.3 is 49.0 Å². The van der Waals surface area contributed by atoms with Gasteiger partial charge in [0, 0.05) is 36.5 Å². The zero-order chi connectivity index (χ0) is 33.6. The number of aromatic nitrogens is 1. The highest BCUT2D eigenvalue weighted by Gasteiger charge is 2.31. The number of aromatic amines is 1. The summed E-state index contributed by atoms with van der Waals surface area (Å²) in [5, 5.41) is 18.4. The van der Waals surface area contributed by atoms with Crippen molar-refractivity contribution in [2.24, 2.45) is 27.9 Å². The van der Waals surface area contributed by atoms with E-state index < -0.39 is 53.8 Å². The number of rotatable bonds is 18. The number of aliphatic imine (C=N–C) groups is 1. The number of nitrogens with zero attached hydrogens (tertiary/aromatic N) is 1. The van der Waals surface area contributed by atoms with Crippen molar-refractivity contribution in [2.75, 3.05) is 6.54 Å². The van der Waals surface area contributed by atoms with Gasteiger partial charge >= 0.3 is 5.97 Å². The van der Waals surface area contributed by atoms with Gasteiger partial charge in [0.2, 0.25) is 23.6 Å². The van der Waals surface area contributed by atoms with Gasteiger partial charge in [0.1, 0.15) is 18.1 Å². The Hall–Kier alpha value is -5.44. The molecule has 15 nitrogen and oxygen atoms in total. The molecule has 4 unspecified atom stereocenters. The molecule has 1 heterocycles. The van der Waals surface area contributed by atoms with E-state index in [1.54, 1.807) is 6.20 Å². The molecule has 46 heavy (non-hydrogen) atoms. The fourth-order valence-electron chi connectivity index (χ4n) is 4.83. The number of nitrogens with one attached hydrogen (secondary N) is 4. The fraction of sp³-hybridized carbons (Fsp3) is 0.355. The lowest BCUT2D eigenvalue weighted by molar-refractivity contribution is -0.142. The normalized spacial score (nSPS) is 13.5. The van der Waals surface area contributed by atoms with Gasteiger partial charge in [-0.1, -0.05) is 48.5 Å². The Kier molecular flexibility index (Phi) is 13.1. The van der Waals surface area contributed by atoms with Crippen LogP contribution in [0.15, 0.2) is 65.8 Å².